The number of carbonyl (C=O) groups excluding carboxylic acids is 3. The van der Waals surface area contributed by atoms with Gasteiger partial charge in [-0.15, -0.1) is 0 Å². The van der Waals surface area contributed by atoms with Crippen molar-refractivity contribution in [3.05, 3.63) is 23.9 Å². The van der Waals surface area contributed by atoms with Crippen LogP contribution >= 0.6 is 0 Å². The minimum absolute atomic E-state index is 0.00444. The molecule has 0 spiro atoms. The molecular formula is C22H34N4O7. The molecule has 2 heterocycles. The number of anilines is 1. The molecule has 33 heavy (non-hydrogen) atoms. The zero-order valence-corrected chi connectivity index (χ0v) is 19.1. The highest BCUT2D eigenvalue weighted by atomic mass is 16.6. The van der Waals surface area contributed by atoms with Crippen molar-refractivity contribution in [3.8, 4) is 0 Å². The summed E-state index contributed by atoms with van der Waals surface area (Å²) in [6.07, 6.45) is 2.64. The molecule has 1 saturated heterocycles. The first kappa shape index (κ1) is 26.7. The zero-order valence-electron chi connectivity index (χ0n) is 19.1. The van der Waals surface area contributed by atoms with Crippen LogP contribution in [0, 0.1) is 5.92 Å². The third-order valence-corrected chi connectivity index (χ3v) is 4.85. The highest BCUT2D eigenvalue weighted by Gasteiger charge is 2.31. The SMILES string of the molecule is CN1CC(C(=O)NCCOCCOCCOCCOCCNc2cc(C=O)ccn2)CC1=O. The van der Waals surface area contributed by atoms with E-state index in [0.29, 0.717) is 83.9 Å². The fraction of sp³-hybridized carbons (Fsp3) is 0.636. The molecular weight excluding hydrogens is 432 g/mol. The van der Waals surface area contributed by atoms with Crippen molar-refractivity contribution < 1.29 is 33.3 Å². The lowest BCUT2D eigenvalue weighted by Crippen LogP contribution is -2.34. The van der Waals surface area contributed by atoms with Crippen LogP contribution in [0.15, 0.2) is 18.3 Å². The van der Waals surface area contributed by atoms with Crippen molar-refractivity contribution in [2.75, 3.05) is 84.9 Å². The molecule has 11 nitrogen and oxygen atoms in total. The van der Waals surface area contributed by atoms with Gasteiger partial charge in [0.25, 0.3) is 0 Å². The highest BCUT2D eigenvalue weighted by molar-refractivity contribution is 5.89. The molecule has 2 amide bonds. The second kappa shape index (κ2) is 16.1. The number of likely N-dealkylation sites (tertiary alicyclic amines) is 1. The van der Waals surface area contributed by atoms with E-state index in [1.165, 1.54) is 0 Å². The van der Waals surface area contributed by atoms with Crippen LogP contribution in [-0.2, 0) is 28.5 Å². The smallest absolute Gasteiger partial charge is 0.225 e. The minimum atomic E-state index is -0.266. The van der Waals surface area contributed by atoms with Crippen molar-refractivity contribution in [3.63, 3.8) is 0 Å². The van der Waals surface area contributed by atoms with Gasteiger partial charge in [-0.25, -0.2) is 4.98 Å². The largest absolute Gasteiger partial charge is 0.377 e. The fourth-order valence-electron chi connectivity index (χ4n) is 3.06. The first-order valence-corrected chi connectivity index (χ1v) is 11.1. The Morgan fingerprint density at radius 2 is 1.67 bits per heavy atom. The van der Waals surface area contributed by atoms with Crippen LogP contribution in [0.3, 0.4) is 0 Å². The van der Waals surface area contributed by atoms with Crippen LogP contribution in [0.2, 0.25) is 0 Å². The van der Waals surface area contributed by atoms with Crippen LogP contribution in [0.25, 0.3) is 0 Å². The highest BCUT2D eigenvalue weighted by Crippen LogP contribution is 2.15. The lowest BCUT2D eigenvalue weighted by molar-refractivity contribution is -0.128. The van der Waals surface area contributed by atoms with E-state index in [0.717, 1.165) is 6.29 Å². The third kappa shape index (κ3) is 11.2. The number of pyridine rings is 1. The maximum absolute atomic E-state index is 11.9. The molecule has 184 valence electrons. The van der Waals surface area contributed by atoms with Crippen LogP contribution in [-0.4, -0.2) is 108 Å². The van der Waals surface area contributed by atoms with Crippen molar-refractivity contribution in [1.29, 1.82) is 0 Å². The Hall–Kier alpha value is -2.60. The quantitative estimate of drug-likeness (QED) is 0.226. The van der Waals surface area contributed by atoms with Crippen LogP contribution in [0.5, 0.6) is 0 Å². The van der Waals surface area contributed by atoms with Gasteiger partial charge in [-0.2, -0.15) is 0 Å². The molecule has 1 aromatic rings. The Kier molecular flexibility index (Phi) is 13.0. The Balaban J connectivity index is 1.29. The Morgan fingerprint density at radius 1 is 1.06 bits per heavy atom. The molecule has 0 aromatic carbocycles. The first-order chi connectivity index (χ1) is 16.1. The van der Waals surface area contributed by atoms with E-state index in [-0.39, 0.29) is 24.2 Å². The summed E-state index contributed by atoms with van der Waals surface area (Å²) in [5.74, 6) is 0.272. The number of nitrogens with zero attached hydrogens (tertiary/aromatic N) is 2. The molecule has 2 rings (SSSR count). The summed E-state index contributed by atoms with van der Waals surface area (Å²) in [4.78, 5) is 39.8. The first-order valence-electron chi connectivity index (χ1n) is 11.1. The number of aromatic nitrogens is 1. The summed E-state index contributed by atoms with van der Waals surface area (Å²) in [6.45, 7) is 5.12. The molecule has 1 aromatic heterocycles. The van der Waals surface area contributed by atoms with Crippen molar-refractivity contribution in [2.24, 2.45) is 5.92 Å². The van der Waals surface area contributed by atoms with E-state index in [2.05, 4.69) is 15.6 Å². The molecule has 1 aliphatic rings. The molecule has 0 radical (unpaired) electrons. The molecule has 0 bridgehead atoms. The number of hydrogen-bond acceptors (Lipinski definition) is 9. The molecule has 1 unspecified atom stereocenters. The second-order valence-corrected chi connectivity index (χ2v) is 7.43. The van der Waals surface area contributed by atoms with E-state index in [4.69, 9.17) is 18.9 Å². The van der Waals surface area contributed by atoms with Gasteiger partial charge in [0.2, 0.25) is 11.8 Å². The average molecular weight is 467 g/mol. The molecule has 1 atom stereocenters. The monoisotopic (exact) mass is 466 g/mol. The van der Waals surface area contributed by atoms with Gasteiger partial charge in [-0.1, -0.05) is 0 Å². The molecule has 1 fully saturated rings. The normalized spacial score (nSPS) is 15.6. The molecule has 0 aliphatic carbocycles. The number of rotatable bonds is 18. The summed E-state index contributed by atoms with van der Waals surface area (Å²) in [5.41, 5.74) is 0.576. The van der Waals surface area contributed by atoms with E-state index < -0.39 is 0 Å². The standard InChI is InChI=1S/C22H34N4O7/c1-26-16-19(15-21(26)28)22(29)25-5-7-31-9-11-33-13-12-32-10-8-30-6-4-24-20-14-18(17-27)2-3-23-20/h2-3,14,17,19H,4-13,15-16H2,1H3,(H,23,24)(H,25,29). The van der Waals surface area contributed by atoms with Gasteiger partial charge in [-0.05, 0) is 12.1 Å². The maximum Gasteiger partial charge on any atom is 0.225 e. The molecule has 1 aliphatic heterocycles. The van der Waals surface area contributed by atoms with Gasteiger partial charge in [0.1, 0.15) is 12.1 Å². The second-order valence-electron chi connectivity index (χ2n) is 7.43. The number of amides is 2. The number of aldehydes is 1. The lowest BCUT2D eigenvalue weighted by atomic mass is 10.1. The third-order valence-electron chi connectivity index (χ3n) is 4.85. The summed E-state index contributed by atoms with van der Waals surface area (Å²) < 4.78 is 21.7. The van der Waals surface area contributed by atoms with Gasteiger partial charge in [0, 0.05) is 44.9 Å². The van der Waals surface area contributed by atoms with Gasteiger partial charge >= 0.3 is 0 Å². The number of ether oxygens (including phenoxy) is 4. The topological polar surface area (TPSA) is 128 Å². The number of carbonyl (C=O) groups is 3. The molecule has 2 N–H and O–H groups in total. The van der Waals surface area contributed by atoms with E-state index in [1.54, 1.807) is 30.3 Å². The Bertz CT molecular complexity index is 734. The number of nitrogens with one attached hydrogen (secondary N) is 2. The van der Waals surface area contributed by atoms with Crippen molar-refractivity contribution >= 4 is 23.9 Å². The van der Waals surface area contributed by atoms with Crippen molar-refractivity contribution in [2.45, 2.75) is 6.42 Å². The van der Waals surface area contributed by atoms with Crippen LogP contribution in [0.4, 0.5) is 5.82 Å². The minimum Gasteiger partial charge on any atom is -0.377 e. The average Bonchev–Trinajstić information content (AvgIpc) is 3.17. The van der Waals surface area contributed by atoms with Crippen LogP contribution in [0.1, 0.15) is 16.8 Å². The fourth-order valence-corrected chi connectivity index (χ4v) is 3.06. The summed E-state index contributed by atoms with van der Waals surface area (Å²) >= 11 is 0. The van der Waals surface area contributed by atoms with E-state index in [1.807, 2.05) is 0 Å². The summed E-state index contributed by atoms with van der Waals surface area (Å²) in [5, 5.41) is 5.87. The van der Waals surface area contributed by atoms with E-state index >= 15 is 0 Å². The maximum atomic E-state index is 11.9. The summed E-state index contributed by atoms with van der Waals surface area (Å²) in [6, 6.07) is 3.33. The van der Waals surface area contributed by atoms with E-state index in [9.17, 15) is 14.4 Å². The Morgan fingerprint density at radius 3 is 2.24 bits per heavy atom. The van der Waals surface area contributed by atoms with Gasteiger partial charge in [0.05, 0.1) is 58.8 Å². The summed E-state index contributed by atoms with van der Waals surface area (Å²) in [7, 11) is 1.70. The number of hydrogen-bond donors (Lipinski definition) is 2. The zero-order chi connectivity index (χ0) is 23.7. The Labute approximate surface area is 194 Å². The molecule has 0 saturated carbocycles. The van der Waals surface area contributed by atoms with Gasteiger partial charge in [-0.3, -0.25) is 14.4 Å². The van der Waals surface area contributed by atoms with Crippen molar-refractivity contribution in [1.82, 2.24) is 15.2 Å². The lowest BCUT2D eigenvalue weighted by Gasteiger charge is -2.11. The predicted molar refractivity (Wildman–Crippen MR) is 120 cm³/mol. The predicted octanol–water partition coefficient (Wildman–Crippen LogP) is -0.0331. The van der Waals surface area contributed by atoms with Gasteiger partial charge < -0.3 is 34.5 Å². The van der Waals surface area contributed by atoms with Gasteiger partial charge in [0.15, 0.2) is 0 Å². The van der Waals surface area contributed by atoms with Crippen LogP contribution < -0.4 is 10.6 Å². The molecule has 11 heteroatoms.